The van der Waals surface area contributed by atoms with Gasteiger partial charge in [-0.2, -0.15) is 0 Å². The minimum Gasteiger partial charge on any atom is -0.256 e. The Balaban J connectivity index is 2.30. The van der Waals surface area contributed by atoms with Gasteiger partial charge in [0.25, 0.3) is 0 Å². The topological polar surface area (TPSA) is 12.9 Å². The first-order valence-electron chi connectivity index (χ1n) is 8.66. The zero-order valence-corrected chi connectivity index (χ0v) is 15.6. The van der Waals surface area contributed by atoms with E-state index in [1.807, 2.05) is 12.3 Å². The van der Waals surface area contributed by atoms with Gasteiger partial charge in [-0.25, -0.2) is 0 Å². The Morgan fingerprint density at radius 2 is 1.29 bits per heavy atom. The van der Waals surface area contributed by atoms with Crippen molar-refractivity contribution in [3.63, 3.8) is 0 Å². The number of benzene rings is 2. The maximum Gasteiger partial charge on any atom is 0.0708 e. The number of rotatable bonds is 1. The molecule has 0 radical (unpaired) electrons. The van der Waals surface area contributed by atoms with E-state index in [4.69, 9.17) is 0 Å². The highest BCUT2D eigenvalue weighted by Crippen LogP contribution is 2.35. The average molecular weight is 317 g/mol. The third-order valence-corrected chi connectivity index (χ3v) is 4.63. The van der Waals surface area contributed by atoms with Crippen molar-refractivity contribution in [2.45, 2.75) is 52.4 Å². The van der Waals surface area contributed by atoms with E-state index in [9.17, 15) is 0 Å². The molecule has 3 rings (SSSR count). The lowest BCUT2D eigenvalue weighted by Crippen LogP contribution is -2.16. The summed E-state index contributed by atoms with van der Waals surface area (Å²) in [5.74, 6) is 0. The molecule has 3 aromatic rings. The molecule has 0 saturated heterocycles. The van der Waals surface area contributed by atoms with Crippen molar-refractivity contribution in [3.05, 3.63) is 65.9 Å². The van der Waals surface area contributed by atoms with E-state index in [0.717, 1.165) is 5.52 Å². The molecule has 24 heavy (non-hydrogen) atoms. The second-order valence-electron chi connectivity index (χ2n) is 8.67. The Bertz CT molecular complexity index is 839. The van der Waals surface area contributed by atoms with Crippen molar-refractivity contribution >= 4 is 10.9 Å². The normalized spacial score (nSPS) is 12.6. The zero-order valence-electron chi connectivity index (χ0n) is 15.6. The van der Waals surface area contributed by atoms with E-state index < -0.39 is 0 Å². The Morgan fingerprint density at radius 3 is 1.88 bits per heavy atom. The Hall–Kier alpha value is -2.15. The van der Waals surface area contributed by atoms with Gasteiger partial charge in [-0.05, 0) is 45.2 Å². The summed E-state index contributed by atoms with van der Waals surface area (Å²) in [7, 11) is 0. The van der Waals surface area contributed by atoms with Crippen LogP contribution in [-0.4, -0.2) is 4.98 Å². The molecule has 124 valence electrons. The molecule has 1 heteroatoms. The van der Waals surface area contributed by atoms with Crippen LogP contribution in [0.15, 0.2) is 54.7 Å². The number of para-hydroxylation sites is 1. The number of hydrogen-bond donors (Lipinski definition) is 0. The molecule has 0 aliphatic heterocycles. The predicted octanol–water partition coefficient (Wildman–Crippen LogP) is 6.50. The molecule has 0 fully saturated rings. The SMILES string of the molecule is CC(C)(C)c1cc(-c2ccnc3ccccc23)cc(C(C)(C)C)c1. The Labute approximate surface area is 145 Å². The standard InChI is InChI=1S/C23H27N/c1-22(2,3)17-13-16(14-18(15-17)23(4,5)6)19-11-12-24-21-10-8-7-9-20(19)21/h7-15H,1-6H3. The van der Waals surface area contributed by atoms with E-state index in [2.05, 4.69) is 89.0 Å². The predicted molar refractivity (Wildman–Crippen MR) is 105 cm³/mol. The molecule has 0 amide bonds. The van der Waals surface area contributed by atoms with Gasteiger partial charge in [0.1, 0.15) is 0 Å². The van der Waals surface area contributed by atoms with Gasteiger partial charge in [-0.15, -0.1) is 0 Å². The number of pyridine rings is 1. The van der Waals surface area contributed by atoms with E-state index in [1.54, 1.807) is 0 Å². The van der Waals surface area contributed by atoms with Gasteiger partial charge >= 0.3 is 0 Å². The van der Waals surface area contributed by atoms with Crippen molar-refractivity contribution in [2.24, 2.45) is 0 Å². The van der Waals surface area contributed by atoms with E-state index in [-0.39, 0.29) is 10.8 Å². The van der Waals surface area contributed by atoms with E-state index in [1.165, 1.54) is 27.6 Å². The maximum absolute atomic E-state index is 4.51. The van der Waals surface area contributed by atoms with Crippen LogP contribution >= 0.6 is 0 Å². The fraction of sp³-hybridized carbons (Fsp3) is 0.348. The van der Waals surface area contributed by atoms with Gasteiger partial charge in [-0.1, -0.05) is 77.9 Å². The lowest BCUT2D eigenvalue weighted by Gasteiger charge is -2.26. The first-order chi connectivity index (χ1) is 11.2. The summed E-state index contributed by atoms with van der Waals surface area (Å²) >= 11 is 0. The molecule has 0 unspecified atom stereocenters. The maximum atomic E-state index is 4.51. The fourth-order valence-corrected chi connectivity index (χ4v) is 3.00. The third-order valence-electron chi connectivity index (χ3n) is 4.63. The first kappa shape index (κ1) is 16.7. The summed E-state index contributed by atoms with van der Waals surface area (Å²) in [4.78, 5) is 4.51. The average Bonchev–Trinajstić information content (AvgIpc) is 2.52. The monoisotopic (exact) mass is 317 g/mol. The Kier molecular flexibility index (Phi) is 3.99. The lowest BCUT2D eigenvalue weighted by molar-refractivity contribution is 0.569. The van der Waals surface area contributed by atoms with Crippen molar-refractivity contribution < 1.29 is 0 Å². The largest absolute Gasteiger partial charge is 0.256 e. The summed E-state index contributed by atoms with van der Waals surface area (Å²) in [5.41, 5.74) is 6.60. The second kappa shape index (κ2) is 5.73. The van der Waals surface area contributed by atoms with Gasteiger partial charge in [0.2, 0.25) is 0 Å². The summed E-state index contributed by atoms with van der Waals surface area (Å²) in [5, 5.41) is 1.21. The van der Waals surface area contributed by atoms with Crippen molar-refractivity contribution in [3.8, 4) is 11.1 Å². The van der Waals surface area contributed by atoms with Crippen LogP contribution in [0.1, 0.15) is 52.7 Å². The van der Waals surface area contributed by atoms with Crippen LogP contribution in [0.3, 0.4) is 0 Å². The first-order valence-corrected chi connectivity index (χ1v) is 8.66. The highest BCUT2D eigenvalue weighted by atomic mass is 14.6. The summed E-state index contributed by atoms with van der Waals surface area (Å²) in [6, 6.07) is 17.6. The minimum absolute atomic E-state index is 0.124. The highest BCUT2D eigenvalue weighted by molar-refractivity contribution is 5.94. The molecular weight excluding hydrogens is 290 g/mol. The number of aromatic nitrogens is 1. The van der Waals surface area contributed by atoms with Gasteiger partial charge in [0.05, 0.1) is 5.52 Å². The lowest BCUT2D eigenvalue weighted by atomic mass is 9.78. The van der Waals surface area contributed by atoms with Crippen LogP contribution in [-0.2, 0) is 10.8 Å². The van der Waals surface area contributed by atoms with Gasteiger partial charge in [0, 0.05) is 11.6 Å². The van der Waals surface area contributed by atoms with E-state index in [0.29, 0.717) is 0 Å². The molecule has 0 atom stereocenters. The van der Waals surface area contributed by atoms with Gasteiger partial charge in [0.15, 0.2) is 0 Å². The molecule has 0 saturated carbocycles. The second-order valence-corrected chi connectivity index (χ2v) is 8.67. The molecule has 2 aromatic carbocycles. The number of hydrogen-bond acceptors (Lipinski definition) is 1. The molecule has 0 spiro atoms. The minimum atomic E-state index is 0.124. The molecule has 1 heterocycles. The van der Waals surface area contributed by atoms with Crippen LogP contribution in [0.4, 0.5) is 0 Å². The van der Waals surface area contributed by atoms with Crippen LogP contribution < -0.4 is 0 Å². The van der Waals surface area contributed by atoms with Crippen LogP contribution in [0.2, 0.25) is 0 Å². The van der Waals surface area contributed by atoms with Gasteiger partial charge < -0.3 is 0 Å². The van der Waals surface area contributed by atoms with Crippen molar-refractivity contribution in [1.82, 2.24) is 4.98 Å². The third kappa shape index (κ3) is 3.21. The van der Waals surface area contributed by atoms with Gasteiger partial charge in [-0.3, -0.25) is 4.98 Å². The molecule has 0 bridgehead atoms. The van der Waals surface area contributed by atoms with Crippen LogP contribution in [0.25, 0.3) is 22.0 Å². The summed E-state index contributed by atoms with van der Waals surface area (Å²) in [6.45, 7) is 13.7. The van der Waals surface area contributed by atoms with Crippen molar-refractivity contribution in [2.75, 3.05) is 0 Å². The number of fused-ring (bicyclic) bond motifs is 1. The molecule has 0 aliphatic rings. The highest BCUT2D eigenvalue weighted by Gasteiger charge is 2.21. The van der Waals surface area contributed by atoms with Crippen LogP contribution in [0, 0.1) is 0 Å². The smallest absolute Gasteiger partial charge is 0.0708 e. The molecule has 0 N–H and O–H groups in total. The quantitative estimate of drug-likeness (QED) is 0.499. The zero-order chi connectivity index (χ0) is 17.5. The number of nitrogens with zero attached hydrogens (tertiary/aromatic N) is 1. The van der Waals surface area contributed by atoms with E-state index >= 15 is 0 Å². The molecular formula is C23H27N. The molecule has 1 nitrogen and oxygen atoms in total. The Morgan fingerprint density at radius 1 is 0.708 bits per heavy atom. The van der Waals surface area contributed by atoms with Crippen LogP contribution in [0.5, 0.6) is 0 Å². The van der Waals surface area contributed by atoms with Crippen molar-refractivity contribution in [1.29, 1.82) is 0 Å². The molecule has 0 aliphatic carbocycles. The fourth-order valence-electron chi connectivity index (χ4n) is 3.00. The summed E-state index contributed by atoms with van der Waals surface area (Å²) < 4.78 is 0. The molecule has 1 aromatic heterocycles. The summed E-state index contributed by atoms with van der Waals surface area (Å²) in [6.07, 6.45) is 1.91.